The zero-order chi connectivity index (χ0) is 24.0. The van der Waals surface area contributed by atoms with E-state index in [0.717, 1.165) is 10.5 Å². The van der Waals surface area contributed by atoms with Crippen LogP contribution in [0.4, 0.5) is 13.2 Å². The summed E-state index contributed by atoms with van der Waals surface area (Å²) < 4.78 is 49.2. The normalized spacial score (nSPS) is 15.2. The summed E-state index contributed by atoms with van der Waals surface area (Å²) in [6.07, 6.45) is 2.12. The lowest BCUT2D eigenvalue weighted by Gasteiger charge is -2.32. The van der Waals surface area contributed by atoms with Gasteiger partial charge < -0.3 is 13.9 Å². The molecule has 1 saturated heterocycles. The van der Waals surface area contributed by atoms with E-state index in [1.54, 1.807) is 22.9 Å². The molecule has 34 heavy (non-hydrogen) atoms. The minimum Gasteiger partial charge on any atom is -0.472 e. The summed E-state index contributed by atoms with van der Waals surface area (Å²) in [5, 5.41) is -0.197. The summed E-state index contributed by atoms with van der Waals surface area (Å²) in [6, 6.07) is 7.33. The maximum absolute atomic E-state index is 13.8. The molecule has 0 radical (unpaired) electrons. The largest absolute Gasteiger partial charge is 0.472 e. The minimum absolute atomic E-state index is 0.0661. The van der Waals surface area contributed by atoms with E-state index in [2.05, 4.69) is 4.98 Å². The molecule has 1 amide bonds. The topological polar surface area (TPSA) is 72.8 Å². The van der Waals surface area contributed by atoms with Gasteiger partial charge >= 0.3 is 6.18 Å². The number of halogens is 4. The summed E-state index contributed by atoms with van der Waals surface area (Å²) in [6.45, 7) is 0.642. The molecule has 176 valence electrons. The Kier molecular flexibility index (Phi) is 5.47. The summed E-state index contributed by atoms with van der Waals surface area (Å²) in [5.74, 6) is -0.550. The highest BCUT2D eigenvalue weighted by Gasteiger charge is 2.37. The monoisotopic (exact) mass is 490 g/mol. The van der Waals surface area contributed by atoms with Crippen LogP contribution in [-0.2, 0) is 6.18 Å². The van der Waals surface area contributed by atoms with Crippen molar-refractivity contribution in [3.63, 3.8) is 0 Å². The number of hydrogen-bond donors (Lipinski definition) is 0. The van der Waals surface area contributed by atoms with Gasteiger partial charge in [0.2, 0.25) is 0 Å². The van der Waals surface area contributed by atoms with Crippen LogP contribution < -0.4 is 5.56 Å². The van der Waals surface area contributed by atoms with Crippen molar-refractivity contribution >= 4 is 23.2 Å². The maximum atomic E-state index is 13.8. The first kappa shape index (κ1) is 22.3. The Balaban J connectivity index is 1.47. The molecule has 1 aliphatic rings. The fourth-order valence-electron chi connectivity index (χ4n) is 4.29. The van der Waals surface area contributed by atoms with E-state index < -0.39 is 23.3 Å². The van der Waals surface area contributed by atoms with Gasteiger partial charge in [-0.05, 0) is 31.0 Å². The number of aromatic nitrogens is 3. The summed E-state index contributed by atoms with van der Waals surface area (Å²) in [4.78, 5) is 30.8. The van der Waals surface area contributed by atoms with Crippen molar-refractivity contribution < 1.29 is 22.4 Å². The van der Waals surface area contributed by atoms with Gasteiger partial charge in [0.1, 0.15) is 5.15 Å². The molecule has 1 fully saturated rings. The summed E-state index contributed by atoms with van der Waals surface area (Å²) >= 11 is 6.39. The van der Waals surface area contributed by atoms with Crippen molar-refractivity contribution in [1.29, 1.82) is 0 Å². The average Bonchev–Trinajstić information content (AvgIpc) is 3.47. The minimum atomic E-state index is -4.71. The zero-order valence-electron chi connectivity index (χ0n) is 17.6. The van der Waals surface area contributed by atoms with Gasteiger partial charge in [-0.25, -0.2) is 4.98 Å². The molecule has 7 nitrogen and oxygen atoms in total. The number of nitrogens with zero attached hydrogens (tertiary/aromatic N) is 4. The van der Waals surface area contributed by atoms with Crippen LogP contribution in [0, 0.1) is 0 Å². The van der Waals surface area contributed by atoms with Gasteiger partial charge in [0.25, 0.3) is 11.5 Å². The second-order valence-corrected chi connectivity index (χ2v) is 8.42. The van der Waals surface area contributed by atoms with Crippen molar-refractivity contribution in [2.45, 2.75) is 25.1 Å². The van der Waals surface area contributed by atoms with Crippen molar-refractivity contribution in [3.8, 4) is 11.1 Å². The van der Waals surface area contributed by atoms with Gasteiger partial charge in [-0.15, -0.1) is 0 Å². The van der Waals surface area contributed by atoms with E-state index in [1.807, 2.05) is 0 Å². The Morgan fingerprint density at radius 2 is 1.91 bits per heavy atom. The Morgan fingerprint density at radius 1 is 1.15 bits per heavy atom. The zero-order valence-corrected chi connectivity index (χ0v) is 18.4. The number of hydrogen-bond acceptors (Lipinski definition) is 4. The van der Waals surface area contributed by atoms with Crippen molar-refractivity contribution in [3.05, 3.63) is 82.0 Å². The molecule has 0 bridgehead atoms. The lowest BCUT2D eigenvalue weighted by Crippen LogP contribution is -2.40. The smallest absolute Gasteiger partial charge is 0.420 e. The second-order valence-electron chi connectivity index (χ2n) is 8.07. The highest BCUT2D eigenvalue weighted by molar-refractivity contribution is 6.33. The first-order valence-electron chi connectivity index (χ1n) is 10.5. The van der Waals surface area contributed by atoms with E-state index in [4.69, 9.17) is 16.0 Å². The van der Waals surface area contributed by atoms with Crippen LogP contribution in [0.1, 0.15) is 34.9 Å². The van der Waals surface area contributed by atoms with Gasteiger partial charge in [-0.1, -0.05) is 17.7 Å². The summed E-state index contributed by atoms with van der Waals surface area (Å²) in [7, 11) is 0. The van der Waals surface area contributed by atoms with Crippen LogP contribution in [0.2, 0.25) is 5.15 Å². The molecule has 5 heterocycles. The SMILES string of the molecule is O=C(c1nc2c(C(F)(F)F)cc(-c3ccoc3)cn2c1Cl)N1CCC(n2ccccc2=O)CC1. The molecule has 0 aliphatic carbocycles. The molecule has 0 N–H and O–H groups in total. The summed E-state index contributed by atoms with van der Waals surface area (Å²) in [5.41, 5.74) is -1.16. The average molecular weight is 491 g/mol. The van der Waals surface area contributed by atoms with Gasteiger partial charge in [-0.3, -0.25) is 14.0 Å². The molecular formula is C23H18ClF3N4O3. The van der Waals surface area contributed by atoms with Gasteiger partial charge in [-0.2, -0.15) is 13.2 Å². The molecule has 1 aliphatic heterocycles. The van der Waals surface area contributed by atoms with Crippen molar-refractivity contribution in [1.82, 2.24) is 18.9 Å². The lowest BCUT2D eigenvalue weighted by atomic mass is 10.0. The molecule has 11 heteroatoms. The predicted molar refractivity (Wildman–Crippen MR) is 118 cm³/mol. The third-order valence-electron chi connectivity index (χ3n) is 6.02. The van der Waals surface area contributed by atoms with Crippen LogP contribution in [-0.4, -0.2) is 37.8 Å². The fraction of sp³-hybridized carbons (Fsp3) is 0.261. The molecule has 4 aromatic rings. The van der Waals surface area contributed by atoms with Crippen molar-refractivity contribution in [2.24, 2.45) is 0 Å². The third-order valence-corrected chi connectivity index (χ3v) is 6.38. The molecule has 0 saturated carbocycles. The fourth-order valence-corrected chi connectivity index (χ4v) is 4.54. The molecular weight excluding hydrogens is 473 g/mol. The van der Waals surface area contributed by atoms with E-state index in [0.29, 0.717) is 31.5 Å². The highest BCUT2D eigenvalue weighted by atomic mass is 35.5. The van der Waals surface area contributed by atoms with Gasteiger partial charge in [0.15, 0.2) is 11.3 Å². The lowest BCUT2D eigenvalue weighted by molar-refractivity contribution is -0.136. The van der Waals surface area contributed by atoms with Crippen LogP contribution in [0.5, 0.6) is 0 Å². The van der Waals surface area contributed by atoms with Gasteiger partial charge in [0, 0.05) is 48.7 Å². The quantitative estimate of drug-likeness (QED) is 0.409. The standard InChI is InChI=1S/C23H18ClF3N4O3/c24-20-19(22(33)29-8-4-16(5-9-29)30-7-2-1-3-18(30)32)28-21-17(23(25,26)27)11-15(12-31(20)21)14-6-10-34-13-14/h1-3,6-7,10-13,16H,4-5,8-9H2. The third kappa shape index (κ3) is 3.87. The van der Waals surface area contributed by atoms with Crippen LogP contribution >= 0.6 is 11.6 Å². The number of amides is 1. The Bertz CT molecular complexity index is 1420. The second kappa shape index (κ2) is 8.35. The number of piperidine rings is 1. The van der Waals surface area contributed by atoms with Crippen molar-refractivity contribution in [2.75, 3.05) is 13.1 Å². The predicted octanol–water partition coefficient (Wildman–Crippen LogP) is 4.91. The van der Waals surface area contributed by atoms with Crippen LogP contribution in [0.3, 0.4) is 0 Å². The van der Waals surface area contributed by atoms with Crippen LogP contribution in [0.15, 0.2) is 64.5 Å². The van der Waals surface area contributed by atoms with E-state index >= 15 is 0 Å². The Labute approximate surface area is 196 Å². The Hall–Kier alpha value is -3.53. The number of pyridine rings is 2. The van der Waals surface area contributed by atoms with Gasteiger partial charge in [0.05, 0.1) is 18.1 Å². The number of likely N-dealkylation sites (tertiary alicyclic amines) is 1. The first-order valence-corrected chi connectivity index (χ1v) is 10.9. The van der Waals surface area contributed by atoms with E-state index in [9.17, 15) is 22.8 Å². The molecule has 0 atom stereocenters. The molecule has 0 unspecified atom stereocenters. The van der Waals surface area contributed by atoms with E-state index in [1.165, 1.54) is 35.8 Å². The number of alkyl halides is 3. The number of fused-ring (bicyclic) bond motifs is 1. The number of rotatable bonds is 3. The molecule has 0 spiro atoms. The Morgan fingerprint density at radius 3 is 2.56 bits per heavy atom. The number of imidazole rings is 1. The van der Waals surface area contributed by atoms with Crippen LogP contribution in [0.25, 0.3) is 16.8 Å². The number of carbonyl (C=O) groups is 1. The van der Waals surface area contributed by atoms with E-state index in [-0.39, 0.29) is 28.0 Å². The number of furan rings is 1. The molecule has 0 aromatic carbocycles. The molecule has 5 rings (SSSR count). The maximum Gasteiger partial charge on any atom is 0.420 e. The molecule has 4 aromatic heterocycles. The highest BCUT2D eigenvalue weighted by Crippen LogP contribution is 2.37. The number of carbonyl (C=O) groups excluding carboxylic acids is 1. The first-order chi connectivity index (χ1) is 16.2.